The first-order chi connectivity index (χ1) is 10.9. The summed E-state index contributed by atoms with van der Waals surface area (Å²) in [6.45, 7) is 6.71. The largest absolute Gasteiger partial charge is 0.393 e. The Bertz CT molecular complexity index is 449. The van der Waals surface area contributed by atoms with Crippen molar-refractivity contribution in [3.8, 4) is 0 Å². The molecular weight excluding hydrogens is 287 g/mol. The van der Waals surface area contributed by atoms with Crippen LogP contribution in [-0.4, -0.2) is 17.4 Å². The Hall–Kier alpha value is -0.110. The summed E-state index contributed by atoms with van der Waals surface area (Å²) >= 11 is 0. The van der Waals surface area contributed by atoms with Gasteiger partial charge in [0.15, 0.2) is 0 Å². The molecular formula is C21H35FO. The van der Waals surface area contributed by atoms with Gasteiger partial charge in [-0.3, -0.25) is 0 Å². The lowest BCUT2D eigenvalue weighted by Crippen LogP contribution is -2.52. The molecule has 0 aromatic heterocycles. The van der Waals surface area contributed by atoms with E-state index < -0.39 is 6.17 Å². The number of alkyl halides is 1. The van der Waals surface area contributed by atoms with E-state index in [2.05, 4.69) is 13.8 Å². The number of hydrogen-bond donors (Lipinski definition) is 1. The molecule has 0 amide bonds. The van der Waals surface area contributed by atoms with E-state index in [1.54, 1.807) is 0 Å². The molecule has 4 rings (SSSR count). The van der Waals surface area contributed by atoms with Crippen LogP contribution in [0.5, 0.6) is 0 Å². The van der Waals surface area contributed by atoms with Gasteiger partial charge >= 0.3 is 0 Å². The average molecular weight is 323 g/mol. The predicted octanol–water partition coefficient (Wildman–Crippen LogP) is 5.22. The van der Waals surface area contributed by atoms with Crippen LogP contribution in [-0.2, 0) is 0 Å². The van der Waals surface area contributed by atoms with E-state index in [9.17, 15) is 5.11 Å². The first kappa shape index (κ1) is 16.4. The number of aliphatic hydroxyl groups is 1. The summed E-state index contributed by atoms with van der Waals surface area (Å²) in [6.07, 6.45) is 8.74. The Morgan fingerprint density at radius 3 is 2.43 bits per heavy atom. The highest BCUT2D eigenvalue weighted by Crippen LogP contribution is 2.65. The monoisotopic (exact) mass is 322 g/mol. The maximum Gasteiger partial charge on any atom is 0.103 e. The van der Waals surface area contributed by atoms with Crippen molar-refractivity contribution in [2.45, 2.75) is 84.4 Å². The van der Waals surface area contributed by atoms with Crippen molar-refractivity contribution in [2.75, 3.05) is 0 Å². The fourth-order valence-corrected chi connectivity index (χ4v) is 7.85. The van der Waals surface area contributed by atoms with Gasteiger partial charge in [0, 0.05) is 0 Å². The lowest BCUT2D eigenvalue weighted by Gasteiger charge is -2.57. The highest BCUT2D eigenvalue weighted by atomic mass is 19.1. The smallest absolute Gasteiger partial charge is 0.103 e. The van der Waals surface area contributed by atoms with Crippen molar-refractivity contribution in [2.24, 2.45) is 46.8 Å². The Balaban J connectivity index is 1.59. The van der Waals surface area contributed by atoms with Crippen LogP contribution in [0.15, 0.2) is 0 Å². The van der Waals surface area contributed by atoms with E-state index in [0.717, 1.165) is 31.1 Å². The maximum absolute atomic E-state index is 15.1. The molecule has 132 valence electrons. The molecule has 0 spiro atoms. The van der Waals surface area contributed by atoms with Crippen LogP contribution in [0.2, 0.25) is 0 Å². The number of halogens is 1. The molecule has 4 aliphatic rings. The van der Waals surface area contributed by atoms with Crippen LogP contribution >= 0.6 is 0 Å². The summed E-state index contributed by atoms with van der Waals surface area (Å²) < 4.78 is 15.1. The van der Waals surface area contributed by atoms with E-state index >= 15 is 4.39 Å². The Labute approximate surface area is 141 Å². The Morgan fingerprint density at radius 2 is 1.70 bits per heavy atom. The number of hydrogen-bond acceptors (Lipinski definition) is 1. The highest BCUT2D eigenvalue weighted by molar-refractivity contribution is 5.08. The van der Waals surface area contributed by atoms with Crippen LogP contribution in [0.25, 0.3) is 0 Å². The van der Waals surface area contributed by atoms with Gasteiger partial charge in [-0.1, -0.05) is 20.3 Å². The van der Waals surface area contributed by atoms with Gasteiger partial charge in [-0.05, 0) is 98.7 Å². The number of rotatable bonds is 1. The molecule has 4 saturated carbocycles. The van der Waals surface area contributed by atoms with Crippen LogP contribution < -0.4 is 0 Å². The predicted molar refractivity (Wildman–Crippen MR) is 91.7 cm³/mol. The van der Waals surface area contributed by atoms with Crippen LogP contribution in [0.1, 0.15) is 72.1 Å². The molecule has 0 heterocycles. The van der Waals surface area contributed by atoms with Gasteiger partial charge in [-0.15, -0.1) is 0 Å². The second kappa shape index (κ2) is 5.71. The second-order valence-corrected chi connectivity index (χ2v) is 9.90. The van der Waals surface area contributed by atoms with Gasteiger partial charge in [-0.25, -0.2) is 4.39 Å². The fraction of sp³-hybridized carbons (Fsp3) is 1.00. The summed E-state index contributed by atoms with van der Waals surface area (Å²) in [5.41, 5.74) is 0.268. The lowest BCUT2D eigenvalue weighted by atomic mass is 9.48. The average Bonchev–Trinajstić information content (AvgIpc) is 2.85. The van der Waals surface area contributed by atoms with Crippen molar-refractivity contribution in [3.05, 3.63) is 0 Å². The molecule has 10 atom stereocenters. The summed E-state index contributed by atoms with van der Waals surface area (Å²) in [4.78, 5) is 0. The number of aliphatic hydroxyl groups excluding tert-OH is 1. The molecule has 4 aliphatic carbocycles. The van der Waals surface area contributed by atoms with Crippen LogP contribution in [0.3, 0.4) is 0 Å². The molecule has 6 unspecified atom stereocenters. The molecule has 23 heavy (non-hydrogen) atoms. The standard InChI is InChI=1S/C21H35FO/c1-12-4-5-14-15-8-9-21(3)18(13(2)23)6-7-19(21)16(15)11-20(22)17(14)10-12/h12-20,23H,4-11H2,1-3H3/t12-,13?,14+,15?,16?,17+,18?,19?,20+,21?/m0/s1. The van der Waals surface area contributed by atoms with Gasteiger partial charge in [-0.2, -0.15) is 0 Å². The lowest BCUT2D eigenvalue weighted by molar-refractivity contribution is -0.106. The van der Waals surface area contributed by atoms with Crippen LogP contribution in [0, 0.1) is 46.8 Å². The SMILES string of the molecule is CC(O)C1CCC2C3C[C@@H](F)[C@@H]4C[C@@H](C)CC[C@@H]4C3CCC12C. The molecule has 0 aromatic carbocycles. The molecule has 0 saturated heterocycles. The van der Waals surface area contributed by atoms with Crippen molar-refractivity contribution < 1.29 is 9.50 Å². The third kappa shape index (κ3) is 2.41. The summed E-state index contributed by atoms with van der Waals surface area (Å²) in [5.74, 6) is 4.24. The van der Waals surface area contributed by atoms with E-state index in [1.807, 2.05) is 6.92 Å². The van der Waals surface area contributed by atoms with E-state index in [-0.39, 0.29) is 11.5 Å². The highest BCUT2D eigenvalue weighted by Gasteiger charge is 2.59. The summed E-state index contributed by atoms with van der Waals surface area (Å²) in [6, 6.07) is 0. The quantitative estimate of drug-likeness (QED) is 0.701. The van der Waals surface area contributed by atoms with Crippen molar-refractivity contribution in [3.63, 3.8) is 0 Å². The van der Waals surface area contributed by atoms with Crippen molar-refractivity contribution in [1.82, 2.24) is 0 Å². The molecule has 0 bridgehead atoms. The number of fused-ring (bicyclic) bond motifs is 5. The normalized spacial score (nSPS) is 57.3. The fourth-order valence-electron chi connectivity index (χ4n) is 7.85. The van der Waals surface area contributed by atoms with Gasteiger partial charge < -0.3 is 5.11 Å². The van der Waals surface area contributed by atoms with Gasteiger partial charge in [0.25, 0.3) is 0 Å². The van der Waals surface area contributed by atoms with E-state index in [4.69, 9.17) is 0 Å². The zero-order valence-electron chi connectivity index (χ0n) is 15.2. The maximum atomic E-state index is 15.1. The molecule has 1 N–H and O–H groups in total. The van der Waals surface area contributed by atoms with Gasteiger partial charge in [0.05, 0.1) is 6.10 Å². The zero-order chi connectivity index (χ0) is 16.4. The Kier molecular flexibility index (Phi) is 4.06. The summed E-state index contributed by atoms with van der Waals surface area (Å²) in [7, 11) is 0. The zero-order valence-corrected chi connectivity index (χ0v) is 15.2. The van der Waals surface area contributed by atoms with Crippen LogP contribution in [0.4, 0.5) is 4.39 Å². The van der Waals surface area contributed by atoms with Gasteiger partial charge in [0.1, 0.15) is 6.17 Å². The minimum absolute atomic E-state index is 0.199. The molecule has 0 aliphatic heterocycles. The molecule has 2 heteroatoms. The van der Waals surface area contributed by atoms with Crippen molar-refractivity contribution >= 4 is 0 Å². The molecule has 0 radical (unpaired) electrons. The first-order valence-corrected chi connectivity index (χ1v) is 10.2. The molecule has 4 fully saturated rings. The first-order valence-electron chi connectivity index (χ1n) is 10.2. The van der Waals surface area contributed by atoms with Gasteiger partial charge in [0.2, 0.25) is 0 Å². The third-order valence-corrected chi connectivity index (χ3v) is 8.88. The molecule has 1 nitrogen and oxygen atoms in total. The third-order valence-electron chi connectivity index (χ3n) is 8.88. The topological polar surface area (TPSA) is 20.2 Å². The minimum Gasteiger partial charge on any atom is -0.393 e. The minimum atomic E-state index is -0.558. The van der Waals surface area contributed by atoms with Crippen molar-refractivity contribution in [1.29, 1.82) is 0 Å². The second-order valence-electron chi connectivity index (χ2n) is 9.90. The van der Waals surface area contributed by atoms with E-state index in [1.165, 1.54) is 32.1 Å². The summed E-state index contributed by atoms with van der Waals surface area (Å²) in [5, 5.41) is 10.2. The molecule has 0 aromatic rings. The Morgan fingerprint density at radius 1 is 0.957 bits per heavy atom. The van der Waals surface area contributed by atoms with E-state index in [0.29, 0.717) is 29.6 Å².